The summed E-state index contributed by atoms with van der Waals surface area (Å²) >= 11 is 0. The Bertz CT molecular complexity index is 578. The Morgan fingerprint density at radius 2 is 1.95 bits per heavy atom. The number of anilines is 2. The van der Waals surface area contributed by atoms with E-state index in [1.165, 1.54) is 11.8 Å². The van der Waals surface area contributed by atoms with Crippen LogP contribution < -0.4 is 16.2 Å². The van der Waals surface area contributed by atoms with Gasteiger partial charge < -0.3 is 10.3 Å². The van der Waals surface area contributed by atoms with Crippen LogP contribution in [0.1, 0.15) is 22.8 Å². The molecule has 5 nitrogen and oxygen atoms in total. The van der Waals surface area contributed by atoms with Gasteiger partial charge in [-0.3, -0.25) is 4.79 Å². The molecule has 104 valence electrons. The number of carbonyl (C=O) groups excluding carboxylic acids is 1. The number of nitrogen functional groups attached to an aromatic ring is 1. The van der Waals surface area contributed by atoms with Crippen LogP contribution in [0.25, 0.3) is 0 Å². The van der Waals surface area contributed by atoms with Crippen molar-refractivity contribution in [3.63, 3.8) is 0 Å². The van der Waals surface area contributed by atoms with Gasteiger partial charge in [-0.1, -0.05) is 19.1 Å². The molecular formula is C15H18N4O. The third-order valence-electron chi connectivity index (χ3n) is 3.19. The molecule has 1 amide bonds. The van der Waals surface area contributed by atoms with Gasteiger partial charge in [0.2, 0.25) is 0 Å². The number of aromatic nitrogens is 1. The second-order valence-corrected chi connectivity index (χ2v) is 4.46. The van der Waals surface area contributed by atoms with Crippen molar-refractivity contribution >= 4 is 17.4 Å². The zero-order chi connectivity index (χ0) is 14.5. The van der Waals surface area contributed by atoms with Crippen molar-refractivity contribution in [3.8, 4) is 0 Å². The predicted octanol–water partition coefficient (Wildman–Crippen LogP) is 2.21. The van der Waals surface area contributed by atoms with Crippen LogP contribution in [0.4, 0.5) is 11.5 Å². The Morgan fingerprint density at radius 1 is 1.25 bits per heavy atom. The second kappa shape index (κ2) is 6.16. The molecule has 0 aliphatic heterocycles. The monoisotopic (exact) mass is 270 g/mol. The maximum Gasteiger partial charge on any atom is 0.259 e. The highest BCUT2D eigenvalue weighted by atomic mass is 16.2. The highest BCUT2D eigenvalue weighted by Gasteiger charge is 2.13. The van der Waals surface area contributed by atoms with Crippen LogP contribution in [0, 0.1) is 0 Å². The van der Waals surface area contributed by atoms with Gasteiger partial charge in [0, 0.05) is 18.9 Å². The van der Waals surface area contributed by atoms with Crippen molar-refractivity contribution in [3.05, 3.63) is 53.7 Å². The van der Waals surface area contributed by atoms with Crippen molar-refractivity contribution in [2.75, 3.05) is 17.4 Å². The van der Waals surface area contributed by atoms with E-state index in [0.717, 1.165) is 12.1 Å². The van der Waals surface area contributed by atoms with Crippen LogP contribution >= 0.6 is 0 Å². The number of nitrogens with zero attached hydrogens (tertiary/aromatic N) is 2. The number of rotatable bonds is 4. The molecular weight excluding hydrogens is 252 g/mol. The van der Waals surface area contributed by atoms with Crippen molar-refractivity contribution in [1.29, 1.82) is 0 Å². The Morgan fingerprint density at radius 3 is 2.45 bits per heavy atom. The van der Waals surface area contributed by atoms with E-state index in [9.17, 15) is 4.79 Å². The van der Waals surface area contributed by atoms with Gasteiger partial charge in [0.05, 0.1) is 5.56 Å². The predicted molar refractivity (Wildman–Crippen MR) is 80.6 cm³/mol. The van der Waals surface area contributed by atoms with Crippen LogP contribution in [-0.2, 0) is 6.42 Å². The number of carbonyl (C=O) groups is 1. The molecule has 5 heteroatoms. The molecule has 0 saturated heterocycles. The minimum absolute atomic E-state index is 0.106. The number of amides is 1. The molecule has 0 saturated carbocycles. The van der Waals surface area contributed by atoms with E-state index in [0.29, 0.717) is 11.4 Å². The number of nitrogens with one attached hydrogen (secondary N) is 1. The topological polar surface area (TPSA) is 71.2 Å². The molecule has 20 heavy (non-hydrogen) atoms. The lowest BCUT2D eigenvalue weighted by Crippen LogP contribution is -2.26. The summed E-state index contributed by atoms with van der Waals surface area (Å²) in [6.07, 6.45) is 2.49. The fourth-order valence-electron chi connectivity index (χ4n) is 1.87. The summed E-state index contributed by atoms with van der Waals surface area (Å²) in [5.74, 6) is 5.66. The Labute approximate surface area is 118 Å². The van der Waals surface area contributed by atoms with Gasteiger partial charge in [-0.25, -0.2) is 10.8 Å². The SMILES string of the molecule is CCc1ccc(N(C)C(=O)c2ccc(NN)nc2)cc1. The van der Waals surface area contributed by atoms with Crippen LogP contribution in [-0.4, -0.2) is 17.9 Å². The quantitative estimate of drug-likeness (QED) is 0.660. The van der Waals surface area contributed by atoms with E-state index in [4.69, 9.17) is 5.84 Å². The van der Waals surface area contributed by atoms with Crippen LogP contribution in [0.5, 0.6) is 0 Å². The molecule has 0 radical (unpaired) electrons. The normalized spacial score (nSPS) is 10.2. The molecule has 0 atom stereocenters. The first-order chi connectivity index (χ1) is 9.65. The van der Waals surface area contributed by atoms with E-state index >= 15 is 0 Å². The van der Waals surface area contributed by atoms with Crippen molar-refractivity contribution < 1.29 is 4.79 Å². The summed E-state index contributed by atoms with van der Waals surface area (Å²) in [6.45, 7) is 2.10. The summed E-state index contributed by atoms with van der Waals surface area (Å²) in [7, 11) is 1.75. The number of hydrazine groups is 1. The van der Waals surface area contributed by atoms with E-state index in [1.807, 2.05) is 24.3 Å². The van der Waals surface area contributed by atoms with Crippen LogP contribution in [0.2, 0.25) is 0 Å². The van der Waals surface area contributed by atoms with Gasteiger partial charge >= 0.3 is 0 Å². The van der Waals surface area contributed by atoms with Gasteiger partial charge in [0.25, 0.3) is 5.91 Å². The molecule has 1 aromatic carbocycles. The second-order valence-electron chi connectivity index (χ2n) is 4.46. The fraction of sp³-hybridized carbons (Fsp3) is 0.200. The summed E-state index contributed by atoms with van der Waals surface area (Å²) in [5, 5.41) is 0. The van der Waals surface area contributed by atoms with Gasteiger partial charge in [0.15, 0.2) is 0 Å². The molecule has 2 rings (SSSR count). The highest BCUT2D eigenvalue weighted by molar-refractivity contribution is 6.05. The molecule has 0 unspecified atom stereocenters. The Hall–Kier alpha value is -2.40. The Balaban J connectivity index is 2.17. The maximum absolute atomic E-state index is 12.3. The minimum Gasteiger partial charge on any atom is -0.311 e. The summed E-state index contributed by atoms with van der Waals surface area (Å²) in [5.41, 5.74) is 5.05. The smallest absolute Gasteiger partial charge is 0.259 e. The summed E-state index contributed by atoms with van der Waals surface area (Å²) in [4.78, 5) is 18.0. The number of nitrogens with two attached hydrogens (primary N) is 1. The average Bonchev–Trinajstić information content (AvgIpc) is 2.53. The number of hydrogen-bond acceptors (Lipinski definition) is 4. The molecule has 0 aliphatic carbocycles. The third kappa shape index (κ3) is 2.95. The fourth-order valence-corrected chi connectivity index (χ4v) is 1.87. The first-order valence-corrected chi connectivity index (χ1v) is 6.45. The zero-order valence-electron chi connectivity index (χ0n) is 11.6. The largest absolute Gasteiger partial charge is 0.311 e. The Kier molecular flexibility index (Phi) is 4.32. The molecule has 1 heterocycles. The lowest BCUT2D eigenvalue weighted by molar-refractivity contribution is 0.0992. The number of aryl methyl sites for hydroxylation is 1. The third-order valence-corrected chi connectivity index (χ3v) is 3.19. The number of pyridine rings is 1. The molecule has 0 fully saturated rings. The van der Waals surface area contributed by atoms with Crippen molar-refractivity contribution in [2.45, 2.75) is 13.3 Å². The molecule has 2 aromatic rings. The van der Waals surface area contributed by atoms with Crippen molar-refractivity contribution in [2.24, 2.45) is 5.84 Å². The van der Waals surface area contributed by atoms with Gasteiger partial charge in [-0.2, -0.15) is 0 Å². The molecule has 0 bridgehead atoms. The lowest BCUT2D eigenvalue weighted by Gasteiger charge is -2.17. The highest BCUT2D eigenvalue weighted by Crippen LogP contribution is 2.17. The molecule has 0 aliphatic rings. The van der Waals surface area contributed by atoms with Crippen LogP contribution in [0.15, 0.2) is 42.6 Å². The van der Waals surface area contributed by atoms with Crippen molar-refractivity contribution in [1.82, 2.24) is 4.98 Å². The van der Waals surface area contributed by atoms with E-state index in [-0.39, 0.29) is 5.91 Å². The van der Waals surface area contributed by atoms with Gasteiger partial charge in [-0.05, 0) is 36.2 Å². The van der Waals surface area contributed by atoms with Gasteiger partial charge in [0.1, 0.15) is 5.82 Å². The maximum atomic E-state index is 12.3. The first-order valence-electron chi connectivity index (χ1n) is 6.45. The molecule has 1 aromatic heterocycles. The zero-order valence-corrected chi connectivity index (χ0v) is 11.6. The minimum atomic E-state index is -0.106. The van der Waals surface area contributed by atoms with E-state index in [2.05, 4.69) is 17.3 Å². The molecule has 3 N–H and O–H groups in total. The summed E-state index contributed by atoms with van der Waals surface area (Å²) in [6, 6.07) is 11.3. The average molecular weight is 270 g/mol. The number of benzene rings is 1. The number of hydrogen-bond donors (Lipinski definition) is 2. The lowest BCUT2D eigenvalue weighted by atomic mass is 10.1. The van der Waals surface area contributed by atoms with E-state index in [1.54, 1.807) is 24.1 Å². The van der Waals surface area contributed by atoms with Gasteiger partial charge in [-0.15, -0.1) is 0 Å². The van der Waals surface area contributed by atoms with Crippen LogP contribution in [0.3, 0.4) is 0 Å². The first kappa shape index (κ1) is 14.0. The summed E-state index contributed by atoms with van der Waals surface area (Å²) < 4.78 is 0. The standard InChI is InChI=1S/C15H18N4O/c1-3-11-4-7-13(8-5-11)19(2)15(20)12-6-9-14(18-16)17-10-12/h4-10H,3,16H2,1-2H3,(H,17,18). The van der Waals surface area contributed by atoms with E-state index < -0.39 is 0 Å². The molecule has 0 spiro atoms.